The largest absolute Gasteiger partial charge is 0.162 e. The Hall–Kier alpha value is 0.0900. The molecule has 0 saturated carbocycles. The predicted octanol–water partition coefficient (Wildman–Crippen LogP) is 2.46. The first kappa shape index (κ1) is 6.21. The molecule has 1 heterocycles. The van der Waals surface area contributed by atoms with E-state index in [1.54, 1.807) is 0 Å². The molecule has 46 valence electrons. The van der Waals surface area contributed by atoms with Crippen LogP contribution < -0.4 is 0 Å². The van der Waals surface area contributed by atoms with Gasteiger partial charge in [-0.05, 0) is 30.8 Å². The molecule has 1 rings (SSSR count). The highest BCUT2D eigenvalue weighted by Crippen LogP contribution is 2.10. The van der Waals surface area contributed by atoms with Crippen molar-refractivity contribution >= 4 is 11.8 Å². The zero-order chi connectivity index (χ0) is 5.66. The van der Waals surface area contributed by atoms with Gasteiger partial charge in [-0.15, -0.1) is 0 Å². The molecule has 0 aromatic heterocycles. The molecule has 0 fully saturated rings. The minimum atomic E-state index is 1.28. The van der Waals surface area contributed by atoms with E-state index in [2.05, 4.69) is 23.9 Å². The second kappa shape index (κ2) is 4.02. The van der Waals surface area contributed by atoms with Gasteiger partial charge in [0.2, 0.25) is 0 Å². The van der Waals surface area contributed by atoms with E-state index in [1.807, 2.05) is 0 Å². The van der Waals surface area contributed by atoms with Crippen molar-refractivity contribution in [3.05, 3.63) is 12.2 Å². The fraction of sp³-hybridized carbons (Fsp3) is 0.714. The first-order chi connectivity index (χ1) is 4.00. The Bertz CT molecular complexity index is 66.5. The van der Waals surface area contributed by atoms with Gasteiger partial charge in [0.25, 0.3) is 0 Å². The second-order valence-electron chi connectivity index (χ2n) is 2.01. The van der Waals surface area contributed by atoms with E-state index in [0.717, 1.165) is 0 Å². The highest BCUT2D eigenvalue weighted by atomic mass is 32.2. The molecule has 0 radical (unpaired) electrons. The Labute approximate surface area is 55.4 Å². The van der Waals surface area contributed by atoms with E-state index in [-0.39, 0.29) is 0 Å². The van der Waals surface area contributed by atoms with E-state index in [1.165, 1.54) is 30.8 Å². The van der Waals surface area contributed by atoms with Crippen LogP contribution in [0, 0.1) is 0 Å². The highest BCUT2D eigenvalue weighted by Gasteiger charge is 1.89. The zero-order valence-corrected chi connectivity index (χ0v) is 5.91. The van der Waals surface area contributed by atoms with Crippen LogP contribution in [-0.2, 0) is 0 Å². The molecule has 0 N–H and O–H groups in total. The Morgan fingerprint density at radius 1 is 1.00 bits per heavy atom. The lowest BCUT2D eigenvalue weighted by Crippen LogP contribution is -1.84. The van der Waals surface area contributed by atoms with Crippen molar-refractivity contribution in [2.45, 2.75) is 19.3 Å². The molecule has 0 aromatic carbocycles. The van der Waals surface area contributed by atoms with E-state index in [0.29, 0.717) is 0 Å². The fourth-order valence-corrected chi connectivity index (χ4v) is 1.67. The van der Waals surface area contributed by atoms with Gasteiger partial charge >= 0.3 is 0 Å². The van der Waals surface area contributed by atoms with Crippen molar-refractivity contribution in [2.75, 3.05) is 11.5 Å². The molecule has 1 aliphatic heterocycles. The van der Waals surface area contributed by atoms with E-state index >= 15 is 0 Å². The molecule has 0 saturated heterocycles. The number of thioether (sulfide) groups is 1. The van der Waals surface area contributed by atoms with E-state index in [9.17, 15) is 0 Å². The van der Waals surface area contributed by atoms with Crippen LogP contribution in [0.1, 0.15) is 19.3 Å². The number of rotatable bonds is 0. The van der Waals surface area contributed by atoms with Crippen LogP contribution in [0.5, 0.6) is 0 Å². The summed E-state index contributed by atoms with van der Waals surface area (Å²) < 4.78 is 0. The summed E-state index contributed by atoms with van der Waals surface area (Å²) in [4.78, 5) is 0. The van der Waals surface area contributed by atoms with Gasteiger partial charge in [0.05, 0.1) is 0 Å². The maximum Gasteiger partial charge on any atom is -0.00329 e. The van der Waals surface area contributed by atoms with E-state index < -0.39 is 0 Å². The fourth-order valence-electron chi connectivity index (χ4n) is 0.792. The summed E-state index contributed by atoms with van der Waals surface area (Å²) in [6.45, 7) is 0. The topological polar surface area (TPSA) is 0 Å². The number of hydrogen-bond donors (Lipinski definition) is 0. The Morgan fingerprint density at radius 2 is 1.88 bits per heavy atom. The van der Waals surface area contributed by atoms with Gasteiger partial charge in [-0.25, -0.2) is 0 Å². The molecule has 0 atom stereocenters. The Morgan fingerprint density at radius 3 is 2.88 bits per heavy atom. The summed E-state index contributed by atoms with van der Waals surface area (Å²) in [7, 11) is 0. The maximum absolute atomic E-state index is 2.31. The molecular formula is C7H12S. The monoisotopic (exact) mass is 128 g/mol. The van der Waals surface area contributed by atoms with Gasteiger partial charge in [0, 0.05) is 0 Å². The number of allylic oxidation sites excluding steroid dienone is 2. The summed E-state index contributed by atoms with van der Waals surface area (Å²) >= 11 is 2.08. The molecule has 0 spiro atoms. The van der Waals surface area contributed by atoms with Crippen molar-refractivity contribution in [2.24, 2.45) is 0 Å². The lowest BCUT2D eigenvalue weighted by Gasteiger charge is -2.00. The molecule has 1 aliphatic rings. The quantitative estimate of drug-likeness (QED) is 0.452. The van der Waals surface area contributed by atoms with Crippen molar-refractivity contribution in [3.63, 3.8) is 0 Å². The minimum Gasteiger partial charge on any atom is -0.162 e. The van der Waals surface area contributed by atoms with Crippen molar-refractivity contribution in [1.82, 2.24) is 0 Å². The zero-order valence-electron chi connectivity index (χ0n) is 5.10. The highest BCUT2D eigenvalue weighted by molar-refractivity contribution is 7.99. The smallest absolute Gasteiger partial charge is 0.00329 e. The van der Waals surface area contributed by atoms with Crippen molar-refractivity contribution < 1.29 is 0 Å². The summed E-state index contributed by atoms with van der Waals surface area (Å²) in [6.07, 6.45) is 8.56. The summed E-state index contributed by atoms with van der Waals surface area (Å²) in [5, 5.41) is 0. The second-order valence-corrected chi connectivity index (χ2v) is 3.24. The van der Waals surface area contributed by atoms with Gasteiger partial charge in [-0.3, -0.25) is 0 Å². The summed E-state index contributed by atoms with van der Waals surface area (Å²) in [5.74, 6) is 2.70. The average molecular weight is 128 g/mol. The third-order valence-corrected chi connectivity index (χ3v) is 2.36. The Kier molecular flexibility index (Phi) is 3.12. The van der Waals surface area contributed by atoms with Gasteiger partial charge in [0.1, 0.15) is 0 Å². The first-order valence-electron chi connectivity index (χ1n) is 3.23. The lowest BCUT2D eigenvalue weighted by atomic mass is 10.3. The lowest BCUT2D eigenvalue weighted by molar-refractivity contribution is 0.954. The summed E-state index contributed by atoms with van der Waals surface area (Å²) in [6, 6.07) is 0. The average Bonchev–Trinajstić information content (AvgIpc) is 1.62. The van der Waals surface area contributed by atoms with Crippen molar-refractivity contribution in [1.29, 1.82) is 0 Å². The predicted molar refractivity (Wildman–Crippen MR) is 40.3 cm³/mol. The molecule has 0 unspecified atom stereocenters. The molecule has 0 aromatic rings. The molecule has 1 heteroatoms. The van der Waals surface area contributed by atoms with Crippen LogP contribution in [0.15, 0.2) is 12.2 Å². The van der Waals surface area contributed by atoms with Crippen LogP contribution in [0.4, 0.5) is 0 Å². The van der Waals surface area contributed by atoms with E-state index in [4.69, 9.17) is 0 Å². The normalized spacial score (nSPS) is 26.0. The third-order valence-electron chi connectivity index (χ3n) is 1.25. The van der Waals surface area contributed by atoms with Gasteiger partial charge in [0.15, 0.2) is 0 Å². The SMILES string of the molecule is C1=C/CCSCCC/1. The summed E-state index contributed by atoms with van der Waals surface area (Å²) in [5.41, 5.74) is 0. The molecule has 0 amide bonds. The van der Waals surface area contributed by atoms with Crippen molar-refractivity contribution in [3.8, 4) is 0 Å². The Balaban J connectivity index is 2.17. The van der Waals surface area contributed by atoms with Crippen LogP contribution in [0.2, 0.25) is 0 Å². The molecule has 0 aliphatic carbocycles. The van der Waals surface area contributed by atoms with Gasteiger partial charge in [-0.1, -0.05) is 12.2 Å². The first-order valence-corrected chi connectivity index (χ1v) is 4.38. The number of hydrogen-bond acceptors (Lipinski definition) is 1. The van der Waals surface area contributed by atoms with Crippen LogP contribution in [-0.4, -0.2) is 11.5 Å². The maximum atomic E-state index is 2.31. The molecular weight excluding hydrogens is 116 g/mol. The third kappa shape index (κ3) is 2.41. The standard InChI is InChI=1S/C7H12S/c1-2-4-6-8-7-5-3-1/h1-2H,3-7H2/b2-1+. The van der Waals surface area contributed by atoms with Crippen LogP contribution >= 0.6 is 11.8 Å². The van der Waals surface area contributed by atoms with Gasteiger partial charge in [-0.2, -0.15) is 11.8 Å². The molecule has 8 heavy (non-hydrogen) atoms. The minimum absolute atomic E-state index is 1.28. The van der Waals surface area contributed by atoms with Crippen LogP contribution in [0.3, 0.4) is 0 Å². The molecule has 0 nitrogen and oxygen atoms in total. The van der Waals surface area contributed by atoms with Crippen LogP contribution in [0.25, 0.3) is 0 Å². The molecule has 0 bridgehead atoms. The van der Waals surface area contributed by atoms with Gasteiger partial charge < -0.3 is 0 Å².